The number of carbonyl (C=O) groups excluding carboxylic acids is 1. The second kappa shape index (κ2) is 6.22. The molecule has 1 aliphatic heterocycles. The van der Waals surface area contributed by atoms with Gasteiger partial charge in [-0.25, -0.2) is 0 Å². The van der Waals surface area contributed by atoms with Crippen LogP contribution in [0.2, 0.25) is 0 Å². The second-order valence-corrected chi connectivity index (χ2v) is 10.1. The minimum Gasteiger partial charge on any atom is -0.458 e. The first-order chi connectivity index (χ1) is 12.6. The van der Waals surface area contributed by atoms with Crippen molar-refractivity contribution in [3.63, 3.8) is 0 Å². The van der Waals surface area contributed by atoms with E-state index in [0.717, 1.165) is 61.7 Å². The molecule has 0 amide bonds. The summed E-state index contributed by atoms with van der Waals surface area (Å²) in [6.07, 6.45) is 10.9. The summed E-state index contributed by atoms with van der Waals surface area (Å²) in [4.78, 5) is 13.2. The van der Waals surface area contributed by atoms with Gasteiger partial charge in [0.1, 0.15) is 5.60 Å². The van der Waals surface area contributed by atoms with Crippen molar-refractivity contribution in [2.45, 2.75) is 96.4 Å². The van der Waals surface area contributed by atoms with Crippen molar-refractivity contribution in [3.05, 3.63) is 0 Å². The Kier molecular flexibility index (Phi) is 4.19. The predicted octanol–water partition coefficient (Wildman–Crippen LogP) is 4.97. The van der Waals surface area contributed by atoms with E-state index in [1.807, 2.05) is 0 Å². The van der Waals surface area contributed by atoms with Crippen molar-refractivity contribution < 1.29 is 14.3 Å². The monoisotopic (exact) mass is 360 g/mol. The molecular weight excluding hydrogens is 324 g/mol. The third-order valence-electron chi connectivity index (χ3n) is 9.29. The van der Waals surface area contributed by atoms with E-state index in [1.54, 1.807) is 0 Å². The number of fused-ring (bicyclic) bond motifs is 9. The Balaban J connectivity index is 1.34. The van der Waals surface area contributed by atoms with Gasteiger partial charge in [-0.05, 0) is 87.4 Å². The highest BCUT2D eigenvalue weighted by Gasteiger charge is 2.68. The summed E-state index contributed by atoms with van der Waals surface area (Å²) in [5.41, 5.74) is -0.157. The summed E-state index contributed by atoms with van der Waals surface area (Å²) in [5.74, 6) is 5.27. The molecule has 4 bridgehead atoms. The molecule has 0 N–H and O–H groups in total. The fourth-order valence-electron chi connectivity index (χ4n) is 8.29. The lowest BCUT2D eigenvalue weighted by atomic mass is 9.65. The maximum Gasteiger partial charge on any atom is 0.312 e. The lowest BCUT2D eigenvalue weighted by Gasteiger charge is -2.46. The van der Waals surface area contributed by atoms with Crippen LogP contribution in [-0.2, 0) is 14.3 Å². The number of ether oxygens (including phenoxy) is 2. The Labute approximate surface area is 158 Å². The first kappa shape index (κ1) is 17.5. The van der Waals surface area contributed by atoms with E-state index in [-0.39, 0.29) is 29.7 Å². The molecule has 0 aromatic carbocycles. The minimum atomic E-state index is -0.157. The molecule has 5 rings (SSSR count). The Morgan fingerprint density at radius 3 is 2.46 bits per heavy atom. The summed E-state index contributed by atoms with van der Waals surface area (Å²) >= 11 is 0. The number of esters is 1. The van der Waals surface area contributed by atoms with Gasteiger partial charge >= 0.3 is 5.97 Å². The summed E-state index contributed by atoms with van der Waals surface area (Å²) in [5, 5.41) is 0. The summed E-state index contributed by atoms with van der Waals surface area (Å²) < 4.78 is 12.6. The fourth-order valence-corrected chi connectivity index (χ4v) is 8.29. The highest BCUT2D eigenvalue weighted by atomic mass is 16.6. The van der Waals surface area contributed by atoms with E-state index in [0.29, 0.717) is 5.92 Å². The zero-order chi connectivity index (χ0) is 18.1. The first-order valence-corrected chi connectivity index (χ1v) is 11.5. The van der Waals surface area contributed by atoms with Crippen LogP contribution in [0, 0.1) is 41.4 Å². The van der Waals surface area contributed by atoms with Gasteiger partial charge < -0.3 is 9.47 Å². The third-order valence-corrected chi connectivity index (χ3v) is 9.29. The molecule has 10 unspecified atom stereocenters. The summed E-state index contributed by atoms with van der Waals surface area (Å²) in [7, 11) is 0. The molecule has 0 aromatic rings. The molecule has 3 nitrogen and oxygen atoms in total. The fraction of sp³-hybridized carbons (Fsp3) is 0.957. The number of hydrogen-bond donors (Lipinski definition) is 0. The van der Waals surface area contributed by atoms with Gasteiger partial charge in [-0.1, -0.05) is 20.8 Å². The second-order valence-electron chi connectivity index (χ2n) is 10.1. The number of hydrogen-bond acceptors (Lipinski definition) is 3. The molecule has 1 heterocycles. The van der Waals surface area contributed by atoms with Crippen molar-refractivity contribution in [1.82, 2.24) is 0 Å². The van der Waals surface area contributed by atoms with Crippen LogP contribution in [0.4, 0.5) is 0 Å². The van der Waals surface area contributed by atoms with Crippen LogP contribution in [0.25, 0.3) is 0 Å². The van der Waals surface area contributed by atoms with Crippen LogP contribution in [0.5, 0.6) is 0 Å². The van der Waals surface area contributed by atoms with Crippen molar-refractivity contribution in [3.8, 4) is 0 Å². The molecule has 146 valence electrons. The Morgan fingerprint density at radius 2 is 1.77 bits per heavy atom. The largest absolute Gasteiger partial charge is 0.458 e. The molecule has 5 fully saturated rings. The van der Waals surface area contributed by atoms with Crippen LogP contribution >= 0.6 is 0 Å². The number of carbonyl (C=O) groups is 1. The Morgan fingerprint density at radius 1 is 1.00 bits per heavy atom. The van der Waals surface area contributed by atoms with E-state index >= 15 is 0 Å². The summed E-state index contributed by atoms with van der Waals surface area (Å²) in [6.45, 7) is 6.55. The van der Waals surface area contributed by atoms with E-state index in [1.165, 1.54) is 25.7 Å². The molecular formula is C23H36O3. The molecule has 3 heteroatoms. The molecule has 0 aromatic heterocycles. The van der Waals surface area contributed by atoms with Crippen molar-refractivity contribution in [1.29, 1.82) is 0 Å². The Hall–Kier alpha value is -0.570. The van der Waals surface area contributed by atoms with Gasteiger partial charge in [-0.15, -0.1) is 0 Å². The number of rotatable bonds is 5. The van der Waals surface area contributed by atoms with Crippen molar-refractivity contribution >= 4 is 5.97 Å². The van der Waals surface area contributed by atoms with Gasteiger partial charge in [0.2, 0.25) is 0 Å². The van der Waals surface area contributed by atoms with Crippen LogP contribution in [0.15, 0.2) is 0 Å². The van der Waals surface area contributed by atoms with E-state index in [4.69, 9.17) is 9.47 Å². The molecule has 10 atom stereocenters. The molecule has 4 aliphatic carbocycles. The van der Waals surface area contributed by atoms with Crippen LogP contribution in [0.1, 0.15) is 78.6 Å². The van der Waals surface area contributed by atoms with E-state index in [9.17, 15) is 4.79 Å². The van der Waals surface area contributed by atoms with Gasteiger partial charge in [0.05, 0.1) is 18.1 Å². The predicted molar refractivity (Wildman–Crippen MR) is 100 cm³/mol. The Bertz CT molecular complexity index is 574. The minimum absolute atomic E-state index is 0.0386. The first-order valence-electron chi connectivity index (χ1n) is 11.5. The SMILES string of the molecule is CCC1CC(C(=O)OC2(CC)CC3CC2C2C4CCC(C4)C32)C(CC)O1. The lowest BCUT2D eigenvalue weighted by molar-refractivity contribution is -0.179. The molecule has 0 spiro atoms. The van der Waals surface area contributed by atoms with Crippen LogP contribution in [0.3, 0.4) is 0 Å². The van der Waals surface area contributed by atoms with Crippen LogP contribution in [-0.4, -0.2) is 23.8 Å². The molecule has 4 saturated carbocycles. The van der Waals surface area contributed by atoms with Gasteiger partial charge in [-0.2, -0.15) is 0 Å². The zero-order valence-electron chi connectivity index (χ0n) is 16.8. The summed E-state index contributed by atoms with van der Waals surface area (Å²) in [6, 6.07) is 0. The van der Waals surface area contributed by atoms with Crippen molar-refractivity contribution in [2.75, 3.05) is 0 Å². The van der Waals surface area contributed by atoms with Gasteiger partial charge in [-0.3, -0.25) is 4.79 Å². The maximum absolute atomic E-state index is 13.2. The van der Waals surface area contributed by atoms with Crippen LogP contribution < -0.4 is 0 Å². The van der Waals surface area contributed by atoms with E-state index < -0.39 is 0 Å². The quantitative estimate of drug-likeness (QED) is 0.513. The lowest BCUT2D eigenvalue weighted by Crippen LogP contribution is -2.48. The molecule has 1 saturated heterocycles. The highest BCUT2D eigenvalue weighted by Crippen LogP contribution is 2.70. The molecule has 5 aliphatic rings. The highest BCUT2D eigenvalue weighted by molar-refractivity contribution is 5.74. The average Bonchev–Trinajstić information content (AvgIpc) is 3.44. The normalized spacial score (nSPS) is 54.0. The zero-order valence-corrected chi connectivity index (χ0v) is 16.8. The smallest absolute Gasteiger partial charge is 0.312 e. The molecule has 0 radical (unpaired) electrons. The van der Waals surface area contributed by atoms with Crippen molar-refractivity contribution in [2.24, 2.45) is 41.4 Å². The van der Waals surface area contributed by atoms with Gasteiger partial charge in [0.15, 0.2) is 0 Å². The van der Waals surface area contributed by atoms with Gasteiger partial charge in [0, 0.05) is 5.92 Å². The third kappa shape index (κ3) is 2.31. The average molecular weight is 361 g/mol. The topological polar surface area (TPSA) is 35.5 Å². The standard InChI is InChI=1S/C23H36O3/c1-4-16-11-17(19(5-2)25-16)22(24)26-23(6-3)12-15-10-18(23)21-14-8-7-13(9-14)20(15)21/h13-21H,4-12H2,1-3H3. The maximum atomic E-state index is 13.2. The van der Waals surface area contributed by atoms with E-state index in [2.05, 4.69) is 20.8 Å². The molecule has 26 heavy (non-hydrogen) atoms. The van der Waals surface area contributed by atoms with Gasteiger partial charge in [0.25, 0.3) is 0 Å².